The summed E-state index contributed by atoms with van der Waals surface area (Å²) in [6, 6.07) is 20.8. The van der Waals surface area contributed by atoms with Crippen molar-refractivity contribution in [1.29, 1.82) is 0 Å². The number of aromatic nitrogens is 1. The summed E-state index contributed by atoms with van der Waals surface area (Å²) < 4.78 is 7.63. The molecule has 0 radical (unpaired) electrons. The van der Waals surface area contributed by atoms with E-state index >= 15 is 0 Å². The lowest BCUT2D eigenvalue weighted by atomic mass is 10.0. The molecule has 3 heterocycles. The van der Waals surface area contributed by atoms with E-state index in [0.29, 0.717) is 24.8 Å². The van der Waals surface area contributed by atoms with Crippen molar-refractivity contribution >= 4 is 43.6 Å². The average Bonchev–Trinajstić information content (AvgIpc) is 2.97. The third-order valence-electron chi connectivity index (χ3n) is 7.49. The second-order valence-electron chi connectivity index (χ2n) is 10.1. The van der Waals surface area contributed by atoms with Crippen molar-refractivity contribution in [3.8, 4) is 5.75 Å². The fourth-order valence-electron chi connectivity index (χ4n) is 5.33. The fourth-order valence-corrected chi connectivity index (χ4v) is 6.19. The van der Waals surface area contributed by atoms with Crippen LogP contribution in [0.25, 0.3) is 0 Å². The summed E-state index contributed by atoms with van der Waals surface area (Å²) in [5.74, 6) is 1.55. The van der Waals surface area contributed by atoms with Crippen molar-refractivity contribution in [2.24, 2.45) is 0 Å². The summed E-state index contributed by atoms with van der Waals surface area (Å²) >= 11 is 7.18. The van der Waals surface area contributed by atoms with Crippen LogP contribution in [0.5, 0.6) is 5.75 Å². The lowest BCUT2D eigenvalue weighted by molar-refractivity contribution is 0.0946. The number of piperidine rings is 1. The Bertz CT molecular complexity index is 1220. The molecule has 1 amide bonds. The Hall–Kier alpha value is -2.46. The maximum atomic E-state index is 12.6. The van der Waals surface area contributed by atoms with Crippen LogP contribution >= 0.6 is 31.9 Å². The van der Waals surface area contributed by atoms with Crippen LogP contribution in [0.4, 0.5) is 5.82 Å². The molecular formula is C30H37Br2N5O2. The molecule has 2 aliphatic heterocycles. The average molecular weight is 659 g/mol. The number of nitrogens with zero attached hydrogens (tertiary/aromatic N) is 4. The molecular weight excluding hydrogens is 622 g/mol. The van der Waals surface area contributed by atoms with E-state index in [9.17, 15) is 4.79 Å². The summed E-state index contributed by atoms with van der Waals surface area (Å²) in [5.41, 5.74) is 1.92. The topological polar surface area (TPSA) is 60.9 Å². The van der Waals surface area contributed by atoms with E-state index in [0.717, 1.165) is 66.3 Å². The predicted molar refractivity (Wildman–Crippen MR) is 165 cm³/mol. The number of carbonyl (C=O) groups excluding carboxylic acids is 1. The van der Waals surface area contributed by atoms with Crippen LogP contribution in [0.2, 0.25) is 0 Å². The van der Waals surface area contributed by atoms with Crippen LogP contribution in [0.3, 0.4) is 0 Å². The van der Waals surface area contributed by atoms with Crippen LogP contribution in [0, 0.1) is 0 Å². The monoisotopic (exact) mass is 657 g/mol. The minimum absolute atomic E-state index is 0. The molecule has 2 fully saturated rings. The first-order chi connectivity index (χ1) is 19.0. The molecule has 208 valence electrons. The number of nitrogens with one attached hydrogen (secondary N) is 1. The van der Waals surface area contributed by atoms with E-state index in [-0.39, 0.29) is 7.33 Å². The fraction of sp³-hybridized carbons (Fsp3) is 0.400. The van der Waals surface area contributed by atoms with Gasteiger partial charge in [0.1, 0.15) is 18.2 Å². The standard InChI is InChI=1S/C30H35Br2N5O2.H2/c31-25-8-6-23(7-9-25)22-35-13-10-26(11-14-35)36-15-17-37(18-16-36)29-28(32)20-24(21-34-29)30(38)33-12-19-39-27-4-2-1-3-5-27;/h1-9,20-21,26H,10-19,22H2,(H,33,38);1H. The summed E-state index contributed by atoms with van der Waals surface area (Å²) in [5, 5.41) is 2.91. The number of halogens is 2. The van der Waals surface area contributed by atoms with E-state index in [4.69, 9.17) is 4.74 Å². The van der Waals surface area contributed by atoms with Crippen LogP contribution in [-0.2, 0) is 6.54 Å². The number of piperazine rings is 1. The highest BCUT2D eigenvalue weighted by Gasteiger charge is 2.28. The largest absolute Gasteiger partial charge is 0.492 e. The maximum absolute atomic E-state index is 12.6. The number of amides is 1. The molecule has 1 N–H and O–H groups in total. The Morgan fingerprint density at radius 3 is 2.38 bits per heavy atom. The van der Waals surface area contributed by atoms with Gasteiger partial charge in [0.25, 0.3) is 5.91 Å². The first kappa shape index (κ1) is 28.1. The number of pyridine rings is 1. The van der Waals surface area contributed by atoms with Crippen LogP contribution in [-0.4, -0.2) is 79.2 Å². The van der Waals surface area contributed by atoms with Crippen LogP contribution in [0.15, 0.2) is 75.8 Å². The van der Waals surface area contributed by atoms with Crippen molar-refractivity contribution in [3.05, 3.63) is 86.9 Å². The van der Waals surface area contributed by atoms with Gasteiger partial charge in [0.2, 0.25) is 0 Å². The van der Waals surface area contributed by atoms with Gasteiger partial charge in [-0.1, -0.05) is 46.3 Å². The smallest absolute Gasteiger partial charge is 0.253 e. The number of carbonyl (C=O) groups is 1. The molecule has 9 heteroatoms. The van der Waals surface area contributed by atoms with E-state index in [1.165, 1.54) is 18.4 Å². The zero-order chi connectivity index (χ0) is 27.0. The minimum atomic E-state index is -0.150. The van der Waals surface area contributed by atoms with Crippen LogP contribution in [0.1, 0.15) is 30.2 Å². The maximum Gasteiger partial charge on any atom is 0.253 e. The predicted octanol–water partition coefficient (Wildman–Crippen LogP) is 5.45. The molecule has 0 aliphatic carbocycles. The Kier molecular flexibility index (Phi) is 9.90. The van der Waals surface area contributed by atoms with Gasteiger partial charge in [-0.15, -0.1) is 0 Å². The Morgan fingerprint density at radius 1 is 0.974 bits per heavy atom. The van der Waals surface area contributed by atoms with Gasteiger partial charge in [-0.3, -0.25) is 14.6 Å². The molecule has 0 spiro atoms. The zero-order valence-corrected chi connectivity index (χ0v) is 25.2. The van der Waals surface area contributed by atoms with Gasteiger partial charge >= 0.3 is 0 Å². The number of anilines is 1. The second kappa shape index (κ2) is 13.7. The van der Waals surface area contributed by atoms with Gasteiger partial charge < -0.3 is 15.0 Å². The van der Waals surface area contributed by atoms with Gasteiger partial charge in [-0.2, -0.15) is 0 Å². The number of likely N-dealkylation sites (tertiary alicyclic amines) is 1. The number of benzene rings is 2. The Morgan fingerprint density at radius 2 is 1.69 bits per heavy atom. The number of hydrogen-bond donors (Lipinski definition) is 1. The molecule has 1 aromatic heterocycles. The Balaban J connectivity index is 0.00000370. The molecule has 0 atom stereocenters. The molecule has 0 bridgehead atoms. The van der Waals surface area contributed by atoms with Gasteiger partial charge in [-0.05, 0) is 77.8 Å². The zero-order valence-electron chi connectivity index (χ0n) is 22.1. The Labute approximate surface area is 249 Å². The first-order valence-electron chi connectivity index (χ1n) is 13.6. The minimum Gasteiger partial charge on any atom is -0.492 e. The summed E-state index contributed by atoms with van der Waals surface area (Å²) in [7, 11) is 0. The highest BCUT2D eigenvalue weighted by molar-refractivity contribution is 9.10. The van der Waals surface area contributed by atoms with E-state index in [2.05, 4.69) is 81.1 Å². The molecule has 0 unspecified atom stereocenters. The molecule has 39 heavy (non-hydrogen) atoms. The summed E-state index contributed by atoms with van der Waals surface area (Å²) in [4.78, 5) is 24.8. The van der Waals surface area contributed by atoms with E-state index in [1.54, 1.807) is 6.20 Å². The molecule has 7 nitrogen and oxygen atoms in total. The molecule has 2 aliphatic rings. The number of rotatable bonds is 9. The van der Waals surface area contributed by atoms with Crippen molar-refractivity contribution in [3.63, 3.8) is 0 Å². The third-order valence-corrected chi connectivity index (χ3v) is 8.60. The van der Waals surface area contributed by atoms with Crippen LogP contribution < -0.4 is 15.0 Å². The van der Waals surface area contributed by atoms with Gasteiger partial charge in [-0.25, -0.2) is 4.98 Å². The number of para-hydroxylation sites is 1. The van der Waals surface area contributed by atoms with Crippen molar-refractivity contribution in [1.82, 2.24) is 20.1 Å². The summed E-state index contributed by atoms with van der Waals surface area (Å²) in [6.45, 7) is 8.12. The lowest BCUT2D eigenvalue weighted by Crippen LogP contribution is -2.53. The number of ether oxygens (including phenoxy) is 1. The lowest BCUT2D eigenvalue weighted by Gasteiger charge is -2.43. The first-order valence-corrected chi connectivity index (χ1v) is 15.2. The molecule has 3 aromatic rings. The van der Waals surface area contributed by atoms with Crippen molar-refractivity contribution < 1.29 is 11.0 Å². The summed E-state index contributed by atoms with van der Waals surface area (Å²) in [6.07, 6.45) is 4.11. The van der Waals surface area contributed by atoms with Gasteiger partial charge in [0, 0.05) is 50.9 Å². The normalized spacial score (nSPS) is 17.2. The van der Waals surface area contributed by atoms with Gasteiger partial charge in [0.15, 0.2) is 0 Å². The highest BCUT2D eigenvalue weighted by atomic mass is 79.9. The van der Waals surface area contributed by atoms with Crippen molar-refractivity contribution in [2.45, 2.75) is 25.4 Å². The molecule has 2 aromatic carbocycles. The molecule has 5 rings (SSSR count). The second-order valence-corrected chi connectivity index (χ2v) is 11.9. The van der Waals surface area contributed by atoms with E-state index in [1.807, 2.05) is 36.4 Å². The molecule has 0 saturated carbocycles. The molecule has 2 saturated heterocycles. The number of hydrogen-bond acceptors (Lipinski definition) is 6. The highest BCUT2D eigenvalue weighted by Crippen LogP contribution is 2.27. The van der Waals surface area contributed by atoms with E-state index < -0.39 is 0 Å². The quantitative estimate of drug-likeness (QED) is 0.309. The third kappa shape index (κ3) is 7.81. The SMILES string of the molecule is O=C(NCCOc1ccccc1)c1cnc(N2CCN(C3CCN(Cc4ccc(Br)cc4)CC3)CC2)c(Br)c1.[HH]. The van der Waals surface area contributed by atoms with Gasteiger partial charge in [0.05, 0.1) is 16.6 Å². The van der Waals surface area contributed by atoms with Crippen molar-refractivity contribution in [2.75, 3.05) is 57.3 Å².